The van der Waals surface area contributed by atoms with Crippen molar-refractivity contribution in [3.05, 3.63) is 211 Å². The van der Waals surface area contributed by atoms with Gasteiger partial charge >= 0.3 is 0 Å². The summed E-state index contributed by atoms with van der Waals surface area (Å²) in [7, 11) is 0. The van der Waals surface area contributed by atoms with Crippen molar-refractivity contribution in [1.82, 2.24) is 0 Å². The van der Waals surface area contributed by atoms with E-state index < -0.39 is 0 Å². The van der Waals surface area contributed by atoms with Gasteiger partial charge in [-0.2, -0.15) is 0 Å². The van der Waals surface area contributed by atoms with Gasteiger partial charge in [-0.1, -0.05) is 165 Å². The van der Waals surface area contributed by atoms with Gasteiger partial charge in [-0.05, 0) is 92.5 Å². The summed E-state index contributed by atoms with van der Waals surface area (Å²) in [5.74, 6) is 0.805. The number of benzene rings is 6. The van der Waals surface area contributed by atoms with Crippen LogP contribution in [0.5, 0.6) is 0 Å². The topological polar surface area (TPSA) is 3.24 Å². The molecule has 3 aliphatic carbocycles. The van der Waals surface area contributed by atoms with Gasteiger partial charge in [-0.15, -0.1) is 0 Å². The summed E-state index contributed by atoms with van der Waals surface area (Å²) < 4.78 is 0. The molecule has 0 radical (unpaired) electrons. The second kappa shape index (κ2) is 12.5. The maximum atomic E-state index is 2.48. The molecule has 0 heterocycles. The fourth-order valence-electron chi connectivity index (χ4n) is 8.14. The van der Waals surface area contributed by atoms with E-state index in [0.29, 0.717) is 11.8 Å². The van der Waals surface area contributed by atoms with Gasteiger partial charge in [0, 0.05) is 34.3 Å². The molecular weight excluding hydrogens is 603 g/mol. The number of allylic oxidation sites excluding steroid dienone is 8. The smallest absolute Gasteiger partial charge is 0.0467 e. The first-order valence-corrected chi connectivity index (χ1v) is 17.7. The Morgan fingerprint density at radius 2 is 1.22 bits per heavy atom. The molecule has 0 fully saturated rings. The van der Waals surface area contributed by atoms with Crippen molar-refractivity contribution < 1.29 is 0 Å². The highest BCUT2D eigenvalue weighted by molar-refractivity contribution is 5.94. The maximum absolute atomic E-state index is 2.48. The zero-order valence-electron chi connectivity index (χ0n) is 28.3. The Kier molecular flexibility index (Phi) is 7.55. The highest BCUT2D eigenvalue weighted by Crippen LogP contribution is 2.47. The lowest BCUT2D eigenvalue weighted by molar-refractivity contribution is 0.599. The second-order valence-electron chi connectivity index (χ2n) is 14.0. The summed E-state index contributed by atoms with van der Waals surface area (Å²) in [6.45, 7) is 2.40. The van der Waals surface area contributed by atoms with Crippen molar-refractivity contribution >= 4 is 28.2 Å². The first kappa shape index (κ1) is 30.2. The Balaban J connectivity index is 1.11. The highest BCUT2D eigenvalue weighted by atomic mass is 15.1. The molecule has 0 bridgehead atoms. The third kappa shape index (κ3) is 5.36. The van der Waals surface area contributed by atoms with Gasteiger partial charge in [0.2, 0.25) is 0 Å². The molecule has 6 aromatic rings. The lowest BCUT2D eigenvalue weighted by Crippen LogP contribution is -2.25. The zero-order chi connectivity index (χ0) is 33.5. The van der Waals surface area contributed by atoms with Crippen molar-refractivity contribution in [1.29, 1.82) is 0 Å². The Hall–Kier alpha value is -5.92. The monoisotopic (exact) mass is 641 g/mol. The highest BCUT2D eigenvalue weighted by Gasteiger charge is 2.32. The maximum Gasteiger partial charge on any atom is 0.0467 e. The first-order valence-electron chi connectivity index (χ1n) is 17.7. The van der Waals surface area contributed by atoms with E-state index in [1.54, 1.807) is 0 Å². The van der Waals surface area contributed by atoms with Crippen LogP contribution in [-0.2, 0) is 5.41 Å². The minimum absolute atomic E-state index is 0.153. The van der Waals surface area contributed by atoms with Crippen LogP contribution in [0.25, 0.3) is 39.1 Å². The average molecular weight is 642 g/mol. The van der Waals surface area contributed by atoms with Crippen LogP contribution in [0, 0.1) is 5.92 Å². The van der Waals surface area contributed by atoms with Gasteiger partial charge in [0.15, 0.2) is 0 Å². The van der Waals surface area contributed by atoms with Crippen molar-refractivity contribution in [3.8, 4) is 22.3 Å². The molecule has 3 unspecified atom stereocenters. The Morgan fingerprint density at radius 3 is 1.96 bits per heavy atom. The van der Waals surface area contributed by atoms with E-state index in [9.17, 15) is 0 Å². The normalized spacial score (nSPS) is 20.3. The van der Waals surface area contributed by atoms with Crippen LogP contribution in [0.3, 0.4) is 0 Å². The fourth-order valence-corrected chi connectivity index (χ4v) is 8.14. The Bertz CT molecular complexity index is 2350. The minimum atomic E-state index is -0.153. The number of fused-ring (bicyclic) bond motifs is 5. The summed E-state index contributed by atoms with van der Waals surface area (Å²) >= 11 is 0. The molecule has 0 amide bonds. The van der Waals surface area contributed by atoms with Crippen LogP contribution in [0.1, 0.15) is 36.0 Å². The van der Waals surface area contributed by atoms with Gasteiger partial charge < -0.3 is 4.90 Å². The molecule has 50 heavy (non-hydrogen) atoms. The molecule has 6 aromatic carbocycles. The molecule has 3 atom stereocenters. The molecule has 0 aromatic heterocycles. The van der Waals surface area contributed by atoms with Crippen molar-refractivity contribution in [3.63, 3.8) is 0 Å². The van der Waals surface area contributed by atoms with E-state index >= 15 is 0 Å². The van der Waals surface area contributed by atoms with Crippen LogP contribution < -0.4 is 4.90 Å². The summed E-state index contributed by atoms with van der Waals surface area (Å²) in [6, 6.07) is 50.7. The quantitative estimate of drug-likeness (QED) is 0.175. The number of nitrogens with zero attached hydrogens (tertiary/aromatic N) is 1. The predicted molar refractivity (Wildman–Crippen MR) is 213 cm³/mol. The summed E-state index contributed by atoms with van der Waals surface area (Å²) in [5.41, 5.74) is 12.4. The molecule has 0 aliphatic heterocycles. The number of rotatable bonds is 6. The molecule has 0 saturated carbocycles. The number of anilines is 2. The van der Waals surface area contributed by atoms with Crippen molar-refractivity contribution in [2.24, 2.45) is 5.92 Å². The number of hydrogen-bond donors (Lipinski definition) is 0. The standard InChI is InChI=1S/C49H39N/c1-49(47-34-40-24-23-38-17-8-9-20-44(38)48(40)46-22-11-10-21-45(46)47)31-29-42(30-32-49)50(41-27-25-37(26-28-41)35-13-4-2-5-14-35)43-19-12-18-39(33-43)36-15-6-3-7-16-36/h2-31,33-34,38,44H,32H2,1H3. The predicted octanol–water partition coefficient (Wildman–Crippen LogP) is 13.0. The third-order valence-corrected chi connectivity index (χ3v) is 10.8. The van der Waals surface area contributed by atoms with Crippen molar-refractivity contribution in [2.75, 3.05) is 4.90 Å². The molecule has 0 spiro atoms. The first-order chi connectivity index (χ1) is 24.6. The number of hydrogen-bond acceptors (Lipinski definition) is 1. The molecule has 1 nitrogen and oxygen atoms in total. The Morgan fingerprint density at radius 1 is 0.560 bits per heavy atom. The molecule has 1 heteroatoms. The van der Waals surface area contributed by atoms with E-state index in [-0.39, 0.29) is 5.41 Å². The minimum Gasteiger partial charge on any atom is -0.311 e. The second-order valence-corrected chi connectivity index (χ2v) is 14.0. The van der Waals surface area contributed by atoms with E-state index in [1.165, 1.54) is 55.4 Å². The molecule has 240 valence electrons. The lowest BCUT2D eigenvalue weighted by atomic mass is 9.70. The van der Waals surface area contributed by atoms with E-state index in [0.717, 1.165) is 17.8 Å². The van der Waals surface area contributed by atoms with E-state index in [1.807, 2.05) is 0 Å². The van der Waals surface area contributed by atoms with E-state index in [2.05, 4.69) is 206 Å². The van der Waals surface area contributed by atoms with Crippen LogP contribution in [0.15, 0.2) is 194 Å². The van der Waals surface area contributed by atoms with Crippen LogP contribution in [0.2, 0.25) is 0 Å². The Labute approximate surface area is 295 Å². The zero-order valence-corrected chi connectivity index (χ0v) is 28.3. The van der Waals surface area contributed by atoms with Gasteiger partial charge in [-0.25, -0.2) is 0 Å². The van der Waals surface area contributed by atoms with E-state index in [4.69, 9.17) is 0 Å². The summed E-state index contributed by atoms with van der Waals surface area (Å²) in [4.78, 5) is 2.41. The average Bonchev–Trinajstić information content (AvgIpc) is 3.19. The van der Waals surface area contributed by atoms with Crippen LogP contribution in [0.4, 0.5) is 11.4 Å². The third-order valence-electron chi connectivity index (χ3n) is 10.8. The summed E-state index contributed by atoms with van der Waals surface area (Å²) in [6.07, 6.45) is 22.0. The molecule has 9 rings (SSSR count). The van der Waals surface area contributed by atoms with Crippen LogP contribution >= 0.6 is 0 Å². The van der Waals surface area contributed by atoms with Gasteiger partial charge in [0.1, 0.15) is 0 Å². The van der Waals surface area contributed by atoms with Gasteiger partial charge in [0.25, 0.3) is 0 Å². The fraction of sp³-hybridized carbons (Fsp3) is 0.102. The van der Waals surface area contributed by atoms with Gasteiger partial charge in [0.05, 0.1) is 0 Å². The largest absolute Gasteiger partial charge is 0.311 e. The summed E-state index contributed by atoms with van der Waals surface area (Å²) in [5, 5.41) is 2.73. The lowest BCUT2D eigenvalue weighted by Gasteiger charge is -2.36. The molecule has 0 N–H and O–H groups in total. The SMILES string of the molecule is CC1(c2cc3c(c4ccccc24)C2C=CC=CC2C=C3)C=CC(N(c2ccc(-c3ccccc3)cc2)c2cccc(-c3ccccc3)c2)=CC1. The van der Waals surface area contributed by atoms with Crippen molar-refractivity contribution in [2.45, 2.75) is 24.7 Å². The molecule has 3 aliphatic rings. The van der Waals surface area contributed by atoms with Gasteiger partial charge in [-0.3, -0.25) is 0 Å². The molecular formula is C49H39N. The van der Waals surface area contributed by atoms with Crippen LogP contribution in [-0.4, -0.2) is 0 Å². The molecule has 0 saturated heterocycles.